The maximum Gasteiger partial charge on any atom is 0.335 e. The van der Waals surface area contributed by atoms with Crippen LogP contribution >= 0.6 is 0 Å². The summed E-state index contributed by atoms with van der Waals surface area (Å²) in [7, 11) is 1.57. The highest BCUT2D eigenvalue weighted by atomic mass is 16.5. The van der Waals surface area contributed by atoms with Gasteiger partial charge in [-0.1, -0.05) is 0 Å². The van der Waals surface area contributed by atoms with Crippen molar-refractivity contribution in [2.75, 3.05) is 7.11 Å². The molecule has 2 rings (SSSR count). The number of hydrogen-bond acceptors (Lipinski definition) is 4. The molecule has 0 saturated carbocycles. The van der Waals surface area contributed by atoms with Crippen molar-refractivity contribution in [1.29, 1.82) is 0 Å². The third-order valence-corrected chi connectivity index (χ3v) is 3.15. The van der Waals surface area contributed by atoms with E-state index in [4.69, 9.17) is 9.84 Å². The lowest BCUT2D eigenvalue weighted by atomic mass is 10.1. The molecule has 0 bridgehead atoms. The minimum absolute atomic E-state index is 0.138. The number of ether oxygens (including phenoxy) is 1. The number of hydrogen-bond donors (Lipinski definition) is 2. The van der Waals surface area contributed by atoms with Gasteiger partial charge in [-0.15, -0.1) is 0 Å². The molecular formula is C16H16N2O4. The van der Waals surface area contributed by atoms with Crippen LogP contribution in [0.3, 0.4) is 0 Å². The molecule has 0 spiro atoms. The number of nitrogens with one attached hydrogen (secondary N) is 1. The predicted octanol–water partition coefficient (Wildman–Crippen LogP) is 2.03. The van der Waals surface area contributed by atoms with E-state index in [0.29, 0.717) is 17.0 Å². The zero-order chi connectivity index (χ0) is 16.1. The van der Waals surface area contributed by atoms with Crippen molar-refractivity contribution in [3.05, 3.63) is 58.9 Å². The molecular weight excluding hydrogens is 284 g/mol. The van der Waals surface area contributed by atoms with Crippen LogP contribution in [-0.4, -0.2) is 29.1 Å². The zero-order valence-electron chi connectivity index (χ0n) is 12.3. The molecule has 1 heterocycles. The van der Waals surface area contributed by atoms with E-state index in [1.807, 2.05) is 6.92 Å². The van der Waals surface area contributed by atoms with Crippen molar-refractivity contribution in [2.24, 2.45) is 0 Å². The number of pyridine rings is 1. The minimum atomic E-state index is -1.03. The van der Waals surface area contributed by atoms with E-state index in [1.165, 1.54) is 18.3 Å². The number of methoxy groups -OCH3 is 1. The number of carbonyl (C=O) groups excluding carboxylic acids is 1. The first kappa shape index (κ1) is 15.5. The summed E-state index contributed by atoms with van der Waals surface area (Å²) in [6.07, 6.45) is 1.41. The summed E-state index contributed by atoms with van der Waals surface area (Å²) in [4.78, 5) is 27.0. The largest absolute Gasteiger partial charge is 0.496 e. The van der Waals surface area contributed by atoms with Crippen LogP contribution < -0.4 is 10.1 Å². The molecule has 0 saturated heterocycles. The Morgan fingerprint density at radius 1 is 1.23 bits per heavy atom. The number of aromatic nitrogens is 1. The number of carbonyl (C=O) groups is 2. The number of aromatic carboxylic acids is 1. The summed E-state index contributed by atoms with van der Waals surface area (Å²) in [6.45, 7) is 2.01. The van der Waals surface area contributed by atoms with Gasteiger partial charge in [-0.2, -0.15) is 0 Å². The van der Waals surface area contributed by atoms with Crippen molar-refractivity contribution < 1.29 is 19.4 Å². The summed E-state index contributed by atoms with van der Waals surface area (Å²) >= 11 is 0. The van der Waals surface area contributed by atoms with Gasteiger partial charge < -0.3 is 15.2 Å². The summed E-state index contributed by atoms with van der Waals surface area (Å²) in [5.74, 6) is -0.568. The van der Waals surface area contributed by atoms with Crippen LogP contribution in [-0.2, 0) is 6.54 Å². The van der Waals surface area contributed by atoms with E-state index in [0.717, 1.165) is 5.56 Å². The van der Waals surface area contributed by atoms with Crippen molar-refractivity contribution in [3.63, 3.8) is 0 Å². The van der Waals surface area contributed by atoms with Gasteiger partial charge in [0.05, 0.1) is 24.9 Å². The molecule has 1 aromatic carbocycles. The van der Waals surface area contributed by atoms with Gasteiger partial charge >= 0.3 is 5.97 Å². The monoisotopic (exact) mass is 300 g/mol. The van der Waals surface area contributed by atoms with Crippen LogP contribution in [0.5, 0.6) is 5.75 Å². The Labute approximate surface area is 127 Å². The molecule has 22 heavy (non-hydrogen) atoms. The first-order valence-electron chi connectivity index (χ1n) is 6.62. The highest BCUT2D eigenvalue weighted by Crippen LogP contribution is 2.18. The standard InChI is InChI=1S/C16H16N2O4/c1-10-7-11(3-4-14(10)22-2)15(19)18-9-13-8-12(16(20)21)5-6-17-13/h3-8H,9H2,1-2H3,(H,18,19)(H,20,21). The summed E-state index contributed by atoms with van der Waals surface area (Å²) < 4.78 is 5.15. The molecule has 0 atom stereocenters. The predicted molar refractivity (Wildman–Crippen MR) is 80.1 cm³/mol. The first-order chi connectivity index (χ1) is 10.5. The Kier molecular flexibility index (Phi) is 4.73. The van der Waals surface area contributed by atoms with Crippen molar-refractivity contribution >= 4 is 11.9 Å². The van der Waals surface area contributed by atoms with Crippen LogP contribution in [0.25, 0.3) is 0 Å². The summed E-state index contributed by atoms with van der Waals surface area (Å²) in [5.41, 5.74) is 1.99. The van der Waals surface area contributed by atoms with Crippen molar-refractivity contribution in [2.45, 2.75) is 13.5 Å². The smallest absolute Gasteiger partial charge is 0.335 e. The molecule has 0 fully saturated rings. The Balaban J connectivity index is 2.05. The number of carboxylic acids is 1. The lowest BCUT2D eigenvalue weighted by Crippen LogP contribution is -2.23. The van der Waals surface area contributed by atoms with E-state index in [1.54, 1.807) is 25.3 Å². The molecule has 0 unspecified atom stereocenters. The Bertz CT molecular complexity index is 713. The van der Waals surface area contributed by atoms with Crippen LogP contribution in [0.15, 0.2) is 36.5 Å². The average Bonchev–Trinajstić information content (AvgIpc) is 2.52. The van der Waals surface area contributed by atoms with Crippen LogP contribution in [0, 0.1) is 6.92 Å². The zero-order valence-corrected chi connectivity index (χ0v) is 12.3. The molecule has 0 aliphatic rings. The third-order valence-electron chi connectivity index (χ3n) is 3.15. The quantitative estimate of drug-likeness (QED) is 0.882. The van der Waals surface area contributed by atoms with Gasteiger partial charge in [0.15, 0.2) is 0 Å². The average molecular weight is 300 g/mol. The van der Waals surface area contributed by atoms with E-state index < -0.39 is 5.97 Å². The second kappa shape index (κ2) is 6.71. The highest BCUT2D eigenvalue weighted by molar-refractivity contribution is 5.94. The fraction of sp³-hybridized carbons (Fsp3) is 0.188. The Morgan fingerprint density at radius 3 is 2.64 bits per heavy atom. The fourth-order valence-electron chi connectivity index (χ4n) is 2.00. The molecule has 6 nitrogen and oxygen atoms in total. The minimum Gasteiger partial charge on any atom is -0.496 e. The number of aryl methyl sites for hydroxylation is 1. The molecule has 1 aromatic heterocycles. The molecule has 0 aliphatic carbocycles. The molecule has 2 N–H and O–H groups in total. The van der Waals surface area contributed by atoms with Gasteiger partial charge in [0.25, 0.3) is 5.91 Å². The molecule has 1 amide bonds. The molecule has 0 aliphatic heterocycles. The molecule has 2 aromatic rings. The highest BCUT2D eigenvalue weighted by Gasteiger charge is 2.09. The lowest BCUT2D eigenvalue weighted by Gasteiger charge is -2.08. The number of rotatable bonds is 5. The van der Waals surface area contributed by atoms with E-state index in [-0.39, 0.29) is 18.0 Å². The van der Waals surface area contributed by atoms with Crippen LogP contribution in [0.4, 0.5) is 0 Å². The van der Waals surface area contributed by atoms with Crippen LogP contribution in [0.1, 0.15) is 32.0 Å². The number of benzene rings is 1. The lowest BCUT2D eigenvalue weighted by molar-refractivity contribution is 0.0696. The van der Waals surface area contributed by atoms with Gasteiger partial charge in [-0.3, -0.25) is 9.78 Å². The van der Waals surface area contributed by atoms with Gasteiger partial charge in [-0.25, -0.2) is 4.79 Å². The van der Waals surface area contributed by atoms with Gasteiger partial charge in [0.1, 0.15) is 5.75 Å². The van der Waals surface area contributed by atoms with Gasteiger partial charge in [0.2, 0.25) is 0 Å². The number of amides is 1. The van der Waals surface area contributed by atoms with E-state index in [9.17, 15) is 9.59 Å². The fourth-order valence-corrected chi connectivity index (χ4v) is 2.00. The maximum absolute atomic E-state index is 12.1. The molecule has 6 heteroatoms. The van der Waals surface area contributed by atoms with Gasteiger partial charge in [-0.05, 0) is 42.8 Å². The Morgan fingerprint density at radius 2 is 2.00 bits per heavy atom. The first-order valence-corrected chi connectivity index (χ1v) is 6.62. The normalized spacial score (nSPS) is 10.1. The second-order valence-corrected chi connectivity index (χ2v) is 4.71. The SMILES string of the molecule is COc1ccc(C(=O)NCc2cc(C(=O)O)ccn2)cc1C. The maximum atomic E-state index is 12.1. The number of carboxylic acid groups (broad SMARTS) is 1. The van der Waals surface area contributed by atoms with Crippen LogP contribution in [0.2, 0.25) is 0 Å². The second-order valence-electron chi connectivity index (χ2n) is 4.71. The van der Waals surface area contributed by atoms with Crippen molar-refractivity contribution in [3.8, 4) is 5.75 Å². The topological polar surface area (TPSA) is 88.5 Å². The molecule has 114 valence electrons. The number of nitrogens with zero attached hydrogens (tertiary/aromatic N) is 1. The summed E-state index contributed by atoms with van der Waals surface area (Å²) in [5, 5.41) is 11.6. The van der Waals surface area contributed by atoms with E-state index >= 15 is 0 Å². The molecule has 0 radical (unpaired) electrons. The Hall–Kier alpha value is -2.89. The summed E-state index contributed by atoms with van der Waals surface area (Å²) in [6, 6.07) is 7.97. The van der Waals surface area contributed by atoms with Gasteiger partial charge in [0, 0.05) is 11.8 Å². The van der Waals surface area contributed by atoms with E-state index in [2.05, 4.69) is 10.3 Å². The van der Waals surface area contributed by atoms with Crippen molar-refractivity contribution in [1.82, 2.24) is 10.3 Å². The third kappa shape index (κ3) is 3.60.